The number of pyridine rings is 1. The third-order valence-electron chi connectivity index (χ3n) is 4.41. The van der Waals surface area contributed by atoms with E-state index in [9.17, 15) is 4.79 Å². The summed E-state index contributed by atoms with van der Waals surface area (Å²) in [5, 5.41) is 1.13. The summed E-state index contributed by atoms with van der Waals surface area (Å²) >= 11 is 0. The van der Waals surface area contributed by atoms with Crippen molar-refractivity contribution in [1.29, 1.82) is 0 Å². The van der Waals surface area contributed by atoms with E-state index in [-0.39, 0.29) is 5.78 Å². The topological polar surface area (TPSA) is 20.9 Å². The lowest BCUT2D eigenvalue weighted by Crippen LogP contribution is -2.41. The summed E-state index contributed by atoms with van der Waals surface area (Å²) in [7, 11) is 0. The van der Waals surface area contributed by atoms with Crippen molar-refractivity contribution in [2.75, 3.05) is 0 Å². The maximum absolute atomic E-state index is 12.8. The van der Waals surface area contributed by atoms with Crippen LogP contribution >= 0.6 is 0 Å². The van der Waals surface area contributed by atoms with Crippen molar-refractivity contribution in [2.45, 2.75) is 6.54 Å². The highest BCUT2D eigenvalue weighted by atomic mass is 16.1. The number of ketones is 1. The molecule has 0 fully saturated rings. The lowest BCUT2D eigenvalue weighted by atomic mass is 10.1. The molecule has 4 aromatic rings. The Morgan fingerprint density at radius 2 is 1.32 bits per heavy atom. The second-order valence-electron chi connectivity index (χ2n) is 6.02. The van der Waals surface area contributed by atoms with E-state index in [2.05, 4.69) is 41.0 Å². The standard InChI is InChI=1S/C23H18NO/c25-23(20-12-5-2-6-13-20)17-24-21-14-8-7-11-19(21)15-16-22(24)18-9-3-1-4-10-18/h1-16H,17H2/q+1. The van der Waals surface area contributed by atoms with E-state index in [4.69, 9.17) is 0 Å². The van der Waals surface area contributed by atoms with Gasteiger partial charge < -0.3 is 0 Å². The Labute approximate surface area is 147 Å². The van der Waals surface area contributed by atoms with Gasteiger partial charge >= 0.3 is 0 Å². The Morgan fingerprint density at radius 3 is 2.08 bits per heavy atom. The minimum atomic E-state index is 0.110. The second kappa shape index (κ2) is 6.70. The highest BCUT2D eigenvalue weighted by Gasteiger charge is 2.21. The molecule has 4 rings (SSSR count). The van der Waals surface area contributed by atoms with Crippen LogP contribution in [-0.2, 0) is 6.54 Å². The molecule has 0 saturated carbocycles. The van der Waals surface area contributed by atoms with Gasteiger partial charge in [0.2, 0.25) is 23.5 Å². The molecule has 1 aromatic heterocycles. The first kappa shape index (κ1) is 15.3. The number of carbonyl (C=O) groups is 1. The first-order valence-corrected chi connectivity index (χ1v) is 8.38. The second-order valence-corrected chi connectivity index (χ2v) is 6.02. The number of carbonyl (C=O) groups excluding carboxylic acids is 1. The van der Waals surface area contributed by atoms with Gasteiger partial charge in [-0.1, -0.05) is 60.7 Å². The zero-order chi connectivity index (χ0) is 17.1. The predicted octanol–water partition coefficient (Wildman–Crippen LogP) is 4.68. The van der Waals surface area contributed by atoms with Gasteiger partial charge in [0, 0.05) is 28.6 Å². The van der Waals surface area contributed by atoms with Crippen molar-refractivity contribution in [2.24, 2.45) is 0 Å². The van der Waals surface area contributed by atoms with Crippen molar-refractivity contribution < 1.29 is 9.36 Å². The molecule has 0 aliphatic rings. The summed E-state index contributed by atoms with van der Waals surface area (Å²) in [5.41, 5.74) is 3.95. The number of para-hydroxylation sites is 1. The molecular formula is C23H18NO+. The Hall–Kier alpha value is -3.26. The Balaban J connectivity index is 1.86. The lowest BCUT2D eigenvalue weighted by molar-refractivity contribution is -0.646. The molecule has 0 amide bonds. The van der Waals surface area contributed by atoms with Crippen LogP contribution in [0.3, 0.4) is 0 Å². The molecule has 0 saturated heterocycles. The maximum Gasteiger partial charge on any atom is 0.227 e. The van der Waals surface area contributed by atoms with Crippen molar-refractivity contribution in [1.82, 2.24) is 0 Å². The van der Waals surface area contributed by atoms with Crippen LogP contribution in [0.1, 0.15) is 10.4 Å². The van der Waals surface area contributed by atoms with Crippen LogP contribution < -0.4 is 4.57 Å². The van der Waals surface area contributed by atoms with Gasteiger partial charge in [0.15, 0.2) is 0 Å². The Morgan fingerprint density at radius 1 is 0.680 bits per heavy atom. The van der Waals surface area contributed by atoms with E-state index in [1.807, 2.05) is 60.7 Å². The molecule has 0 aliphatic heterocycles. The highest BCUT2D eigenvalue weighted by molar-refractivity contribution is 5.95. The summed E-state index contributed by atoms with van der Waals surface area (Å²) in [6.45, 7) is 0.315. The van der Waals surface area contributed by atoms with Gasteiger partial charge in [-0.3, -0.25) is 4.79 Å². The fourth-order valence-electron chi connectivity index (χ4n) is 3.15. The fourth-order valence-corrected chi connectivity index (χ4v) is 3.15. The van der Waals surface area contributed by atoms with Crippen molar-refractivity contribution in [3.05, 3.63) is 103 Å². The normalized spacial score (nSPS) is 10.7. The molecule has 120 valence electrons. The third-order valence-corrected chi connectivity index (χ3v) is 4.41. The number of fused-ring (bicyclic) bond motifs is 1. The largest absolute Gasteiger partial charge is 0.287 e. The smallest absolute Gasteiger partial charge is 0.227 e. The number of hydrogen-bond donors (Lipinski definition) is 0. The maximum atomic E-state index is 12.8. The molecule has 25 heavy (non-hydrogen) atoms. The SMILES string of the molecule is O=C(C[n+]1c(-c2ccccc2)ccc2ccccc21)c1ccccc1. The van der Waals surface area contributed by atoms with Gasteiger partial charge in [-0.15, -0.1) is 0 Å². The highest BCUT2D eigenvalue weighted by Crippen LogP contribution is 2.19. The summed E-state index contributed by atoms with van der Waals surface area (Å²) in [6.07, 6.45) is 0. The molecule has 0 aliphatic carbocycles. The molecule has 0 spiro atoms. The van der Waals surface area contributed by atoms with E-state index in [1.165, 1.54) is 0 Å². The summed E-state index contributed by atoms with van der Waals surface area (Å²) < 4.78 is 2.11. The van der Waals surface area contributed by atoms with Crippen LogP contribution in [0.2, 0.25) is 0 Å². The minimum Gasteiger partial charge on any atom is -0.287 e. The fraction of sp³-hybridized carbons (Fsp3) is 0.0435. The minimum absolute atomic E-state index is 0.110. The number of rotatable bonds is 4. The van der Waals surface area contributed by atoms with Gasteiger partial charge in [0.05, 0.1) is 0 Å². The third kappa shape index (κ3) is 3.07. The Bertz CT molecular complexity index is 1020. The average Bonchev–Trinajstić information content (AvgIpc) is 2.69. The van der Waals surface area contributed by atoms with Gasteiger partial charge in [-0.25, -0.2) is 0 Å². The van der Waals surface area contributed by atoms with Crippen molar-refractivity contribution in [3.8, 4) is 11.3 Å². The lowest BCUT2D eigenvalue weighted by Gasteiger charge is -2.07. The zero-order valence-electron chi connectivity index (χ0n) is 13.8. The van der Waals surface area contributed by atoms with Crippen LogP contribution in [0.4, 0.5) is 0 Å². The van der Waals surface area contributed by atoms with Crippen molar-refractivity contribution in [3.63, 3.8) is 0 Å². The van der Waals surface area contributed by atoms with E-state index in [0.29, 0.717) is 6.54 Å². The first-order valence-electron chi connectivity index (χ1n) is 8.38. The number of aromatic nitrogens is 1. The van der Waals surface area contributed by atoms with Crippen LogP contribution in [0.15, 0.2) is 97.1 Å². The van der Waals surface area contributed by atoms with Crippen LogP contribution in [0.25, 0.3) is 22.2 Å². The van der Waals surface area contributed by atoms with E-state index in [1.54, 1.807) is 0 Å². The molecule has 2 heteroatoms. The molecule has 0 atom stereocenters. The molecule has 0 N–H and O–H groups in total. The molecule has 2 nitrogen and oxygen atoms in total. The molecule has 0 bridgehead atoms. The van der Waals surface area contributed by atoms with Crippen LogP contribution in [0, 0.1) is 0 Å². The summed E-state index contributed by atoms with van der Waals surface area (Å²) in [4.78, 5) is 12.8. The van der Waals surface area contributed by atoms with Gasteiger partial charge in [-0.2, -0.15) is 4.57 Å². The zero-order valence-corrected chi connectivity index (χ0v) is 13.8. The first-order chi connectivity index (χ1) is 12.3. The molecule has 3 aromatic carbocycles. The van der Waals surface area contributed by atoms with Gasteiger partial charge in [0.25, 0.3) is 0 Å². The van der Waals surface area contributed by atoms with Gasteiger partial charge in [-0.05, 0) is 24.3 Å². The number of Topliss-reactive ketones (excluding diaryl/α,β-unsaturated/α-hetero) is 1. The molecular weight excluding hydrogens is 306 g/mol. The van der Waals surface area contributed by atoms with Crippen LogP contribution in [-0.4, -0.2) is 5.78 Å². The molecule has 1 heterocycles. The molecule has 0 unspecified atom stereocenters. The predicted molar refractivity (Wildman–Crippen MR) is 100 cm³/mol. The van der Waals surface area contributed by atoms with Crippen molar-refractivity contribution >= 4 is 16.7 Å². The summed E-state index contributed by atoms with van der Waals surface area (Å²) in [6, 6.07) is 32.1. The quantitative estimate of drug-likeness (QED) is 0.394. The van der Waals surface area contributed by atoms with E-state index < -0.39 is 0 Å². The summed E-state index contributed by atoms with van der Waals surface area (Å²) in [5.74, 6) is 0.110. The van der Waals surface area contributed by atoms with Crippen LogP contribution in [0.5, 0.6) is 0 Å². The van der Waals surface area contributed by atoms with E-state index in [0.717, 1.165) is 27.7 Å². The number of benzene rings is 3. The average molecular weight is 324 g/mol. The van der Waals surface area contributed by atoms with Gasteiger partial charge in [0.1, 0.15) is 0 Å². The Kier molecular flexibility index (Phi) is 4.09. The number of nitrogens with zero attached hydrogens (tertiary/aromatic N) is 1. The molecule has 0 radical (unpaired) electrons. The monoisotopic (exact) mass is 324 g/mol. The van der Waals surface area contributed by atoms with E-state index >= 15 is 0 Å². The number of hydrogen-bond acceptors (Lipinski definition) is 1.